The lowest BCUT2D eigenvalue weighted by atomic mass is 10.0. The third-order valence-electron chi connectivity index (χ3n) is 5.55. The van der Waals surface area contributed by atoms with E-state index in [2.05, 4.69) is 25.4 Å². The molecule has 2 atom stereocenters. The highest BCUT2D eigenvalue weighted by molar-refractivity contribution is 6.30. The number of hydrogen-bond donors (Lipinski definition) is 3. The minimum Gasteiger partial charge on any atom is -0.507 e. The number of likely N-dealkylation sites (tertiary alicyclic amines) is 1. The average molecular weight is 427 g/mol. The number of anilines is 1. The first-order valence-electron chi connectivity index (χ1n) is 9.83. The van der Waals surface area contributed by atoms with Crippen molar-refractivity contribution in [1.82, 2.24) is 20.1 Å². The molecule has 1 aliphatic heterocycles. The van der Waals surface area contributed by atoms with Crippen LogP contribution in [-0.4, -0.2) is 56.3 Å². The van der Waals surface area contributed by atoms with Gasteiger partial charge in [-0.2, -0.15) is 0 Å². The number of phenols is 1. The van der Waals surface area contributed by atoms with E-state index in [9.17, 15) is 9.90 Å². The Kier molecular flexibility index (Phi) is 5.69. The first kappa shape index (κ1) is 20.3. The predicted octanol–water partition coefficient (Wildman–Crippen LogP) is 2.80. The van der Waals surface area contributed by atoms with Gasteiger partial charge in [0.25, 0.3) is 0 Å². The molecule has 30 heavy (non-hydrogen) atoms. The molecule has 0 bridgehead atoms. The van der Waals surface area contributed by atoms with Crippen molar-refractivity contribution in [3.8, 4) is 17.0 Å². The number of carbonyl (C=O) groups is 1. The number of phenolic OH excluding ortho intramolecular Hbond substituents is 1. The van der Waals surface area contributed by atoms with Crippen LogP contribution in [0.4, 0.5) is 5.82 Å². The number of rotatable bonds is 5. The number of piperidine rings is 1. The molecule has 8 nitrogen and oxygen atoms in total. The second-order valence-electron chi connectivity index (χ2n) is 7.54. The zero-order valence-electron chi connectivity index (χ0n) is 16.5. The van der Waals surface area contributed by atoms with Crippen molar-refractivity contribution in [2.45, 2.75) is 31.8 Å². The number of aromatic nitrogens is 3. The lowest BCUT2D eigenvalue weighted by Crippen LogP contribution is -2.50. The number of hydrogen-bond acceptors (Lipinski definition) is 7. The molecule has 0 aliphatic carbocycles. The Morgan fingerprint density at radius 3 is 2.93 bits per heavy atom. The topological polar surface area (TPSA) is 117 Å². The van der Waals surface area contributed by atoms with Crippen LogP contribution >= 0.6 is 11.6 Å². The molecule has 3 aromatic rings. The van der Waals surface area contributed by atoms with E-state index < -0.39 is 0 Å². The van der Waals surface area contributed by atoms with Crippen molar-refractivity contribution in [2.24, 2.45) is 5.73 Å². The number of pyridine rings is 1. The summed E-state index contributed by atoms with van der Waals surface area (Å²) in [5, 5.41) is 24.6. The molecule has 1 aromatic carbocycles. The number of primary amides is 1. The van der Waals surface area contributed by atoms with Gasteiger partial charge in [0.15, 0.2) is 5.82 Å². The standard InChI is InChI=1S/C21H23ClN6O2/c1-12(20(23)30)28-8-2-3-14(11-28)25-21-17-10-24-7-6-15(17)19(26-27-21)16-5-4-13(22)9-18(16)29/h4-7,9-10,12,14,29H,2-3,8,11H2,1H3,(H2,23,30)(H,25,27)/t12?,14-/m1/s1. The molecule has 0 saturated carbocycles. The number of aromatic hydroxyl groups is 1. The van der Waals surface area contributed by atoms with E-state index >= 15 is 0 Å². The summed E-state index contributed by atoms with van der Waals surface area (Å²) < 4.78 is 0. The van der Waals surface area contributed by atoms with Crippen LogP contribution in [0.5, 0.6) is 5.75 Å². The molecule has 1 fully saturated rings. The van der Waals surface area contributed by atoms with Gasteiger partial charge in [-0.1, -0.05) is 11.6 Å². The zero-order chi connectivity index (χ0) is 21.3. The number of nitrogens with one attached hydrogen (secondary N) is 1. The van der Waals surface area contributed by atoms with Gasteiger partial charge in [-0.25, -0.2) is 0 Å². The summed E-state index contributed by atoms with van der Waals surface area (Å²) in [6.07, 6.45) is 5.32. The van der Waals surface area contributed by atoms with Gasteiger partial charge >= 0.3 is 0 Å². The first-order valence-corrected chi connectivity index (χ1v) is 10.2. The SMILES string of the molecule is CC(C(N)=O)N1CCC[C@@H](Nc2nnc(-c3ccc(Cl)cc3O)c3ccncc23)C1. The molecule has 4 N–H and O–H groups in total. The predicted molar refractivity (Wildman–Crippen MR) is 116 cm³/mol. The molecular formula is C21H23ClN6O2. The summed E-state index contributed by atoms with van der Waals surface area (Å²) in [7, 11) is 0. The highest BCUT2D eigenvalue weighted by Gasteiger charge is 2.27. The van der Waals surface area contributed by atoms with Crippen LogP contribution < -0.4 is 11.1 Å². The van der Waals surface area contributed by atoms with Crippen LogP contribution in [0.15, 0.2) is 36.7 Å². The Morgan fingerprint density at radius 2 is 2.17 bits per heavy atom. The summed E-state index contributed by atoms with van der Waals surface area (Å²) >= 11 is 5.96. The molecule has 4 rings (SSSR count). The zero-order valence-corrected chi connectivity index (χ0v) is 17.3. The van der Waals surface area contributed by atoms with Crippen molar-refractivity contribution in [3.63, 3.8) is 0 Å². The maximum atomic E-state index is 11.6. The fourth-order valence-electron chi connectivity index (χ4n) is 3.86. The molecule has 0 radical (unpaired) electrons. The van der Waals surface area contributed by atoms with Crippen molar-refractivity contribution in [2.75, 3.05) is 18.4 Å². The maximum Gasteiger partial charge on any atom is 0.234 e. The third kappa shape index (κ3) is 4.01. The third-order valence-corrected chi connectivity index (χ3v) is 5.78. The van der Waals surface area contributed by atoms with Crippen molar-refractivity contribution in [1.29, 1.82) is 0 Å². The van der Waals surface area contributed by atoms with Gasteiger partial charge in [0.2, 0.25) is 5.91 Å². The molecule has 0 spiro atoms. The van der Waals surface area contributed by atoms with Crippen LogP contribution in [0.3, 0.4) is 0 Å². The second kappa shape index (κ2) is 8.41. The average Bonchev–Trinajstić information content (AvgIpc) is 2.74. The van der Waals surface area contributed by atoms with Gasteiger partial charge in [-0.3, -0.25) is 14.7 Å². The van der Waals surface area contributed by atoms with Gasteiger partial charge < -0.3 is 16.2 Å². The summed E-state index contributed by atoms with van der Waals surface area (Å²) in [6.45, 7) is 3.36. The number of nitrogens with two attached hydrogens (primary N) is 1. The molecule has 156 valence electrons. The van der Waals surface area contributed by atoms with E-state index in [1.54, 1.807) is 24.5 Å². The Morgan fingerprint density at radius 1 is 1.33 bits per heavy atom. The number of nitrogens with zero attached hydrogens (tertiary/aromatic N) is 4. The minimum atomic E-state index is -0.322. The van der Waals surface area contributed by atoms with E-state index in [4.69, 9.17) is 17.3 Å². The fourth-order valence-corrected chi connectivity index (χ4v) is 4.02. The second-order valence-corrected chi connectivity index (χ2v) is 7.97. The number of fused-ring (bicyclic) bond motifs is 1. The van der Waals surface area contributed by atoms with Crippen molar-refractivity contribution in [3.05, 3.63) is 41.7 Å². The smallest absolute Gasteiger partial charge is 0.234 e. The highest BCUT2D eigenvalue weighted by atomic mass is 35.5. The van der Waals surface area contributed by atoms with Gasteiger partial charge in [0.05, 0.1) is 6.04 Å². The Hall–Kier alpha value is -2.97. The quantitative estimate of drug-likeness (QED) is 0.574. The van der Waals surface area contributed by atoms with Gasteiger partial charge in [0.1, 0.15) is 11.4 Å². The number of amides is 1. The molecule has 1 aliphatic rings. The Labute approximate surface area is 179 Å². The lowest BCUT2D eigenvalue weighted by Gasteiger charge is -2.36. The number of halogens is 1. The van der Waals surface area contributed by atoms with Gasteiger partial charge in [-0.05, 0) is 50.6 Å². The molecule has 3 heterocycles. The Bertz CT molecular complexity index is 1090. The molecule has 9 heteroatoms. The van der Waals surface area contributed by atoms with E-state index in [1.165, 1.54) is 6.07 Å². The number of benzene rings is 1. The minimum absolute atomic E-state index is 0.0407. The van der Waals surface area contributed by atoms with Crippen LogP contribution in [0.2, 0.25) is 5.02 Å². The molecular weight excluding hydrogens is 404 g/mol. The molecule has 1 unspecified atom stereocenters. The summed E-state index contributed by atoms with van der Waals surface area (Å²) in [4.78, 5) is 17.9. The molecule has 1 amide bonds. The summed E-state index contributed by atoms with van der Waals surface area (Å²) in [5.74, 6) is 0.338. The van der Waals surface area contributed by atoms with E-state index in [0.29, 0.717) is 28.6 Å². The maximum absolute atomic E-state index is 11.6. The van der Waals surface area contributed by atoms with Gasteiger partial charge in [-0.15, -0.1) is 10.2 Å². The van der Waals surface area contributed by atoms with E-state index in [-0.39, 0.29) is 23.7 Å². The molecule has 2 aromatic heterocycles. The number of carbonyl (C=O) groups excluding carboxylic acids is 1. The lowest BCUT2D eigenvalue weighted by molar-refractivity contribution is -0.123. The normalized spacial score (nSPS) is 18.3. The van der Waals surface area contributed by atoms with Gasteiger partial charge in [0, 0.05) is 46.3 Å². The summed E-state index contributed by atoms with van der Waals surface area (Å²) in [6, 6.07) is 6.55. The largest absolute Gasteiger partial charge is 0.507 e. The van der Waals surface area contributed by atoms with Crippen LogP contribution in [0.25, 0.3) is 22.0 Å². The first-order chi connectivity index (χ1) is 14.4. The summed E-state index contributed by atoms with van der Waals surface area (Å²) in [5.41, 5.74) is 6.58. The van der Waals surface area contributed by atoms with E-state index in [1.807, 2.05) is 13.0 Å². The van der Waals surface area contributed by atoms with Crippen molar-refractivity contribution >= 4 is 34.1 Å². The van der Waals surface area contributed by atoms with Crippen LogP contribution in [0.1, 0.15) is 19.8 Å². The highest BCUT2D eigenvalue weighted by Crippen LogP contribution is 2.35. The van der Waals surface area contributed by atoms with Crippen LogP contribution in [-0.2, 0) is 4.79 Å². The molecule has 1 saturated heterocycles. The van der Waals surface area contributed by atoms with Crippen molar-refractivity contribution < 1.29 is 9.90 Å². The Balaban J connectivity index is 1.66. The fraction of sp³-hybridized carbons (Fsp3) is 0.333. The van der Waals surface area contributed by atoms with E-state index in [0.717, 1.165) is 30.2 Å². The van der Waals surface area contributed by atoms with Crippen LogP contribution in [0, 0.1) is 0 Å². The monoisotopic (exact) mass is 426 g/mol.